The monoisotopic (exact) mass is 201 g/mol. The molecule has 1 aliphatic rings. The molecule has 0 saturated heterocycles. The van der Waals surface area contributed by atoms with Crippen LogP contribution in [0.5, 0.6) is 0 Å². The summed E-state index contributed by atoms with van der Waals surface area (Å²) in [6.45, 7) is 0. The summed E-state index contributed by atoms with van der Waals surface area (Å²) < 4.78 is 4.57. The molecule has 13 heavy (non-hydrogen) atoms. The maximum Gasteiger partial charge on any atom is 0.328 e. The summed E-state index contributed by atoms with van der Waals surface area (Å²) in [7, 11) is 1.33. The maximum absolute atomic E-state index is 11.1. The van der Waals surface area contributed by atoms with Crippen LogP contribution in [-0.4, -0.2) is 31.7 Å². The molecule has 0 aromatic rings. The third kappa shape index (κ3) is 2.03. The van der Waals surface area contributed by atoms with E-state index in [-0.39, 0.29) is 5.97 Å². The zero-order valence-corrected chi connectivity index (χ0v) is 8.31. The lowest BCUT2D eigenvalue weighted by Crippen LogP contribution is -2.31. The Morgan fingerprint density at radius 1 is 1.77 bits per heavy atom. The van der Waals surface area contributed by atoms with Gasteiger partial charge in [0, 0.05) is 12.0 Å². The zero-order valence-electron chi connectivity index (χ0n) is 7.49. The van der Waals surface area contributed by atoms with Crippen LogP contribution in [0.1, 0.15) is 6.42 Å². The highest BCUT2D eigenvalue weighted by Crippen LogP contribution is 2.24. The van der Waals surface area contributed by atoms with E-state index < -0.39 is 6.04 Å². The van der Waals surface area contributed by atoms with Crippen molar-refractivity contribution in [3.63, 3.8) is 0 Å². The first-order valence-corrected chi connectivity index (χ1v) is 5.02. The second kappa shape index (κ2) is 4.32. The summed E-state index contributed by atoms with van der Waals surface area (Å²) in [6, 6.07) is -0.396. The highest BCUT2D eigenvalue weighted by Gasteiger charge is 2.28. The first-order chi connectivity index (χ1) is 6.22. The van der Waals surface area contributed by atoms with Crippen LogP contribution in [0.2, 0.25) is 0 Å². The van der Waals surface area contributed by atoms with Crippen LogP contribution in [0.3, 0.4) is 0 Å². The Bertz CT molecular complexity index is 262. The van der Waals surface area contributed by atoms with Crippen LogP contribution in [0.15, 0.2) is 10.6 Å². The number of methoxy groups -OCH3 is 1. The number of carbonyl (C=O) groups is 2. The topological polar surface area (TPSA) is 55.4 Å². The Labute approximate surface area is 80.7 Å². The minimum Gasteiger partial charge on any atom is -0.467 e. The summed E-state index contributed by atoms with van der Waals surface area (Å²) in [5.41, 5.74) is 0.642. The van der Waals surface area contributed by atoms with Gasteiger partial charge in [0.2, 0.25) is 0 Å². The molecular formula is C8H11NO3S. The molecule has 0 spiro atoms. The number of rotatable bonds is 3. The van der Waals surface area contributed by atoms with Gasteiger partial charge in [0.1, 0.15) is 12.3 Å². The standard InChI is InChI=1S/C8H11NO3S/c1-12-8(11)6-3-5(4-10)7(9-6)13-2/h4,6,9H,3H2,1-2H3. The smallest absolute Gasteiger partial charge is 0.328 e. The van der Waals surface area contributed by atoms with Gasteiger partial charge in [0.05, 0.1) is 12.1 Å². The molecule has 0 fully saturated rings. The first-order valence-electron chi connectivity index (χ1n) is 3.79. The molecule has 0 bridgehead atoms. The van der Waals surface area contributed by atoms with Gasteiger partial charge in [-0.25, -0.2) is 4.79 Å². The highest BCUT2D eigenvalue weighted by atomic mass is 32.2. The second-order valence-corrected chi connectivity index (χ2v) is 3.42. The molecule has 0 amide bonds. The molecule has 1 unspecified atom stereocenters. The van der Waals surface area contributed by atoms with E-state index in [1.54, 1.807) is 0 Å². The summed E-state index contributed by atoms with van der Waals surface area (Å²) >= 11 is 1.43. The van der Waals surface area contributed by atoms with Crippen molar-refractivity contribution in [2.24, 2.45) is 0 Å². The van der Waals surface area contributed by atoms with Gasteiger partial charge in [0.25, 0.3) is 0 Å². The van der Waals surface area contributed by atoms with Gasteiger partial charge in [-0.2, -0.15) is 0 Å². The van der Waals surface area contributed by atoms with E-state index in [1.807, 2.05) is 6.26 Å². The minimum absolute atomic E-state index is 0.330. The van der Waals surface area contributed by atoms with Crippen molar-refractivity contribution in [2.45, 2.75) is 12.5 Å². The number of esters is 1. The number of ether oxygens (including phenoxy) is 1. The predicted molar refractivity (Wildman–Crippen MR) is 50.2 cm³/mol. The van der Waals surface area contributed by atoms with Gasteiger partial charge in [-0.15, -0.1) is 11.8 Å². The SMILES string of the molecule is COC(=O)C1CC(C=O)=C(SC)N1. The fourth-order valence-corrected chi connectivity index (χ4v) is 1.84. The molecular weight excluding hydrogens is 190 g/mol. The fraction of sp³-hybridized carbons (Fsp3) is 0.500. The molecule has 0 aliphatic carbocycles. The van der Waals surface area contributed by atoms with E-state index in [1.165, 1.54) is 18.9 Å². The number of aldehydes is 1. The molecule has 4 nitrogen and oxygen atoms in total. The lowest BCUT2D eigenvalue weighted by atomic mass is 10.1. The van der Waals surface area contributed by atoms with Crippen molar-refractivity contribution in [2.75, 3.05) is 13.4 Å². The molecule has 1 rings (SSSR count). The van der Waals surface area contributed by atoms with Crippen molar-refractivity contribution < 1.29 is 14.3 Å². The minimum atomic E-state index is -0.396. The largest absolute Gasteiger partial charge is 0.467 e. The fourth-order valence-electron chi connectivity index (χ4n) is 1.19. The van der Waals surface area contributed by atoms with E-state index >= 15 is 0 Å². The Morgan fingerprint density at radius 2 is 2.46 bits per heavy atom. The van der Waals surface area contributed by atoms with E-state index in [0.29, 0.717) is 12.0 Å². The second-order valence-electron chi connectivity index (χ2n) is 2.60. The number of nitrogens with one attached hydrogen (secondary N) is 1. The van der Waals surface area contributed by atoms with Crippen molar-refractivity contribution in [1.82, 2.24) is 5.32 Å². The van der Waals surface area contributed by atoms with Crippen LogP contribution in [0.25, 0.3) is 0 Å². The van der Waals surface area contributed by atoms with Crippen LogP contribution in [-0.2, 0) is 14.3 Å². The van der Waals surface area contributed by atoms with Gasteiger partial charge >= 0.3 is 5.97 Å². The lowest BCUT2D eigenvalue weighted by Gasteiger charge is -2.08. The zero-order chi connectivity index (χ0) is 9.84. The van der Waals surface area contributed by atoms with E-state index in [9.17, 15) is 9.59 Å². The van der Waals surface area contributed by atoms with Gasteiger partial charge in [-0.1, -0.05) is 0 Å². The van der Waals surface area contributed by atoms with Gasteiger partial charge in [-0.3, -0.25) is 4.79 Å². The van der Waals surface area contributed by atoms with E-state index in [0.717, 1.165) is 11.3 Å². The third-order valence-electron chi connectivity index (χ3n) is 1.85. The van der Waals surface area contributed by atoms with Crippen LogP contribution < -0.4 is 5.32 Å². The Balaban J connectivity index is 2.67. The van der Waals surface area contributed by atoms with Crippen LogP contribution in [0, 0.1) is 0 Å². The van der Waals surface area contributed by atoms with Crippen molar-refractivity contribution in [1.29, 1.82) is 0 Å². The van der Waals surface area contributed by atoms with Crippen LogP contribution >= 0.6 is 11.8 Å². The lowest BCUT2D eigenvalue weighted by molar-refractivity contribution is -0.142. The average Bonchev–Trinajstić information content (AvgIpc) is 2.59. The predicted octanol–water partition coefficient (Wildman–Crippen LogP) is 0.295. The maximum atomic E-state index is 11.1. The number of thioether (sulfide) groups is 1. The van der Waals surface area contributed by atoms with E-state index in [2.05, 4.69) is 10.1 Å². The van der Waals surface area contributed by atoms with Gasteiger partial charge in [-0.05, 0) is 6.26 Å². The molecule has 0 aromatic carbocycles. The van der Waals surface area contributed by atoms with Crippen molar-refractivity contribution in [3.8, 4) is 0 Å². The number of carbonyl (C=O) groups excluding carboxylic acids is 2. The first kappa shape index (κ1) is 10.1. The molecule has 1 aliphatic heterocycles. The molecule has 72 valence electrons. The summed E-state index contributed by atoms with van der Waals surface area (Å²) in [5.74, 6) is -0.330. The summed E-state index contributed by atoms with van der Waals surface area (Å²) in [6.07, 6.45) is 3.06. The third-order valence-corrected chi connectivity index (χ3v) is 2.64. The van der Waals surface area contributed by atoms with Gasteiger partial charge in [0.15, 0.2) is 0 Å². The quantitative estimate of drug-likeness (QED) is 0.525. The van der Waals surface area contributed by atoms with Gasteiger partial charge < -0.3 is 10.1 Å². The number of hydrogen-bond acceptors (Lipinski definition) is 5. The Kier molecular flexibility index (Phi) is 3.36. The average molecular weight is 201 g/mol. The van der Waals surface area contributed by atoms with E-state index in [4.69, 9.17) is 0 Å². The summed E-state index contributed by atoms with van der Waals surface area (Å²) in [4.78, 5) is 21.7. The Morgan fingerprint density at radius 3 is 2.85 bits per heavy atom. The van der Waals surface area contributed by atoms with Crippen molar-refractivity contribution >= 4 is 24.0 Å². The normalized spacial score (nSPS) is 21.2. The highest BCUT2D eigenvalue weighted by molar-refractivity contribution is 8.02. The molecule has 0 aromatic heterocycles. The molecule has 1 heterocycles. The summed E-state index contributed by atoms with van der Waals surface area (Å²) in [5, 5.41) is 3.70. The Hall–Kier alpha value is -0.970. The molecule has 1 atom stereocenters. The van der Waals surface area contributed by atoms with Crippen LogP contribution in [0.4, 0.5) is 0 Å². The molecule has 1 N–H and O–H groups in total. The van der Waals surface area contributed by atoms with Crippen molar-refractivity contribution in [3.05, 3.63) is 10.6 Å². The number of hydrogen-bond donors (Lipinski definition) is 1. The molecule has 0 radical (unpaired) electrons. The molecule has 0 saturated carbocycles. The molecule has 5 heteroatoms.